The quantitative estimate of drug-likeness (QED) is 0.753. The van der Waals surface area contributed by atoms with Crippen molar-refractivity contribution in [3.8, 4) is 5.75 Å². The lowest BCUT2D eigenvalue weighted by atomic mass is 9.88. The van der Waals surface area contributed by atoms with Crippen LogP contribution in [-0.4, -0.2) is 12.4 Å². The SMILES string of the molecule is CCOc1ccccc1/C=C1\CCC(C2CCCC2)C1=O. The molecule has 0 heterocycles. The molecule has 2 nitrogen and oxygen atoms in total. The highest BCUT2D eigenvalue weighted by atomic mass is 16.5. The number of hydrogen-bond acceptors (Lipinski definition) is 2. The number of rotatable bonds is 4. The first kappa shape index (κ1) is 14.4. The van der Waals surface area contributed by atoms with Crippen molar-refractivity contribution in [2.75, 3.05) is 6.61 Å². The number of carbonyl (C=O) groups excluding carboxylic acids is 1. The van der Waals surface area contributed by atoms with Crippen LogP contribution < -0.4 is 4.74 Å². The van der Waals surface area contributed by atoms with Crippen LogP contribution in [0.4, 0.5) is 0 Å². The molecule has 1 aromatic rings. The van der Waals surface area contributed by atoms with Crippen molar-refractivity contribution in [1.29, 1.82) is 0 Å². The van der Waals surface area contributed by atoms with Crippen molar-refractivity contribution in [3.63, 3.8) is 0 Å². The van der Waals surface area contributed by atoms with E-state index in [9.17, 15) is 4.79 Å². The summed E-state index contributed by atoms with van der Waals surface area (Å²) in [5.74, 6) is 2.21. The minimum Gasteiger partial charge on any atom is -0.493 e. The van der Waals surface area contributed by atoms with Gasteiger partial charge in [-0.05, 0) is 56.2 Å². The molecule has 0 saturated heterocycles. The molecule has 21 heavy (non-hydrogen) atoms. The van der Waals surface area contributed by atoms with Gasteiger partial charge in [0.25, 0.3) is 0 Å². The van der Waals surface area contributed by atoms with E-state index in [1.165, 1.54) is 25.7 Å². The molecule has 112 valence electrons. The van der Waals surface area contributed by atoms with Gasteiger partial charge in [-0.15, -0.1) is 0 Å². The van der Waals surface area contributed by atoms with Crippen LogP contribution in [0.1, 0.15) is 51.0 Å². The largest absolute Gasteiger partial charge is 0.493 e. The standard InChI is InChI=1S/C19H24O2/c1-2-21-18-10-6-5-9-15(18)13-16-11-12-17(19(16)20)14-7-3-4-8-14/h5-6,9-10,13-14,17H,2-4,7-8,11-12H2,1H3/b16-13+. The van der Waals surface area contributed by atoms with Gasteiger partial charge in [-0.2, -0.15) is 0 Å². The highest BCUT2D eigenvalue weighted by Gasteiger charge is 2.36. The zero-order valence-corrected chi connectivity index (χ0v) is 12.8. The number of para-hydroxylation sites is 1. The van der Waals surface area contributed by atoms with Gasteiger partial charge in [0.1, 0.15) is 5.75 Å². The Balaban J connectivity index is 1.79. The number of Topliss-reactive ketones (excluding diaryl/α,β-unsaturated/α-hetero) is 1. The maximum Gasteiger partial charge on any atom is 0.162 e. The molecule has 2 aliphatic carbocycles. The van der Waals surface area contributed by atoms with E-state index >= 15 is 0 Å². The third-order valence-electron chi connectivity index (χ3n) is 4.90. The third-order valence-corrected chi connectivity index (χ3v) is 4.90. The van der Waals surface area contributed by atoms with Crippen molar-refractivity contribution < 1.29 is 9.53 Å². The van der Waals surface area contributed by atoms with Crippen molar-refractivity contribution >= 4 is 11.9 Å². The first-order valence-corrected chi connectivity index (χ1v) is 8.26. The Morgan fingerprint density at radius 2 is 1.95 bits per heavy atom. The minimum absolute atomic E-state index is 0.290. The molecule has 1 atom stereocenters. The fourth-order valence-electron chi connectivity index (χ4n) is 3.83. The van der Waals surface area contributed by atoms with Gasteiger partial charge in [-0.3, -0.25) is 4.79 Å². The highest BCUT2D eigenvalue weighted by Crippen LogP contribution is 2.41. The van der Waals surface area contributed by atoms with Crippen molar-refractivity contribution in [2.24, 2.45) is 11.8 Å². The summed E-state index contributed by atoms with van der Waals surface area (Å²) >= 11 is 0. The first-order valence-electron chi connectivity index (χ1n) is 8.26. The fourth-order valence-corrected chi connectivity index (χ4v) is 3.83. The van der Waals surface area contributed by atoms with Crippen LogP contribution in [0.3, 0.4) is 0 Å². The summed E-state index contributed by atoms with van der Waals surface area (Å²) in [6, 6.07) is 7.99. The van der Waals surface area contributed by atoms with Crippen LogP contribution in [-0.2, 0) is 4.79 Å². The van der Waals surface area contributed by atoms with Gasteiger partial charge >= 0.3 is 0 Å². The highest BCUT2D eigenvalue weighted by molar-refractivity contribution is 6.03. The Bertz CT molecular complexity index is 538. The molecule has 2 aliphatic rings. The molecule has 0 amide bonds. The van der Waals surface area contributed by atoms with Crippen LogP contribution in [0.25, 0.3) is 6.08 Å². The summed E-state index contributed by atoms with van der Waals surface area (Å²) in [5, 5.41) is 0. The Morgan fingerprint density at radius 3 is 2.71 bits per heavy atom. The Hall–Kier alpha value is -1.57. The van der Waals surface area contributed by atoms with Gasteiger partial charge in [0.15, 0.2) is 5.78 Å². The summed E-state index contributed by atoms with van der Waals surface area (Å²) in [4.78, 5) is 12.7. The maximum atomic E-state index is 12.7. The second-order valence-electron chi connectivity index (χ2n) is 6.19. The zero-order chi connectivity index (χ0) is 14.7. The van der Waals surface area contributed by atoms with Crippen LogP contribution in [0.5, 0.6) is 5.75 Å². The number of ether oxygens (including phenoxy) is 1. The number of benzene rings is 1. The number of ketones is 1. The van der Waals surface area contributed by atoms with Crippen molar-refractivity contribution in [2.45, 2.75) is 45.4 Å². The van der Waals surface area contributed by atoms with Gasteiger partial charge in [0, 0.05) is 11.5 Å². The van der Waals surface area contributed by atoms with Gasteiger partial charge < -0.3 is 4.74 Å². The summed E-state index contributed by atoms with van der Waals surface area (Å²) in [6.45, 7) is 2.64. The molecule has 2 fully saturated rings. The van der Waals surface area contributed by atoms with Crippen molar-refractivity contribution in [1.82, 2.24) is 0 Å². The van der Waals surface area contributed by atoms with E-state index in [0.29, 0.717) is 18.3 Å². The molecule has 2 saturated carbocycles. The van der Waals surface area contributed by atoms with E-state index in [-0.39, 0.29) is 5.92 Å². The molecule has 0 spiro atoms. The minimum atomic E-state index is 0.290. The predicted octanol–water partition coefficient (Wildman–Crippen LogP) is 4.64. The Morgan fingerprint density at radius 1 is 1.19 bits per heavy atom. The van der Waals surface area contributed by atoms with Crippen LogP contribution >= 0.6 is 0 Å². The molecule has 0 aromatic heterocycles. The molecular formula is C19H24O2. The monoisotopic (exact) mass is 284 g/mol. The predicted molar refractivity (Wildman–Crippen MR) is 85.3 cm³/mol. The summed E-state index contributed by atoms with van der Waals surface area (Å²) in [7, 11) is 0. The van der Waals surface area contributed by atoms with Crippen LogP contribution in [0.2, 0.25) is 0 Å². The van der Waals surface area contributed by atoms with E-state index in [2.05, 4.69) is 6.08 Å². The van der Waals surface area contributed by atoms with E-state index in [1.54, 1.807) is 0 Å². The second-order valence-corrected chi connectivity index (χ2v) is 6.19. The molecule has 3 rings (SSSR count). The van der Waals surface area contributed by atoms with Gasteiger partial charge in [0.05, 0.1) is 6.61 Å². The Kier molecular flexibility index (Phi) is 4.42. The summed E-state index contributed by atoms with van der Waals surface area (Å²) < 4.78 is 5.65. The molecule has 0 radical (unpaired) electrons. The van der Waals surface area contributed by atoms with Crippen LogP contribution in [0.15, 0.2) is 29.8 Å². The van der Waals surface area contributed by atoms with E-state index < -0.39 is 0 Å². The average molecular weight is 284 g/mol. The molecule has 0 N–H and O–H groups in total. The smallest absolute Gasteiger partial charge is 0.162 e. The van der Waals surface area contributed by atoms with Gasteiger partial charge in [-0.25, -0.2) is 0 Å². The number of carbonyl (C=O) groups is 1. The normalized spacial score (nSPS) is 24.9. The van der Waals surface area contributed by atoms with Crippen LogP contribution in [0, 0.1) is 11.8 Å². The molecule has 0 aliphatic heterocycles. The number of hydrogen-bond donors (Lipinski definition) is 0. The topological polar surface area (TPSA) is 26.3 Å². The van der Waals surface area contributed by atoms with Gasteiger partial charge in [-0.1, -0.05) is 31.0 Å². The summed E-state index contributed by atoms with van der Waals surface area (Å²) in [6.07, 6.45) is 9.15. The average Bonchev–Trinajstić information content (AvgIpc) is 3.12. The molecular weight excluding hydrogens is 260 g/mol. The molecule has 1 unspecified atom stereocenters. The lowest BCUT2D eigenvalue weighted by Gasteiger charge is -2.15. The molecule has 0 bridgehead atoms. The zero-order valence-electron chi connectivity index (χ0n) is 12.8. The molecule has 1 aromatic carbocycles. The fraction of sp³-hybridized carbons (Fsp3) is 0.526. The lowest BCUT2D eigenvalue weighted by Crippen LogP contribution is -2.16. The van der Waals surface area contributed by atoms with E-state index in [4.69, 9.17) is 4.74 Å². The third kappa shape index (κ3) is 3.04. The first-order chi connectivity index (χ1) is 10.3. The van der Waals surface area contributed by atoms with E-state index in [0.717, 1.165) is 29.7 Å². The maximum absolute atomic E-state index is 12.7. The van der Waals surface area contributed by atoms with E-state index in [1.807, 2.05) is 31.2 Å². The lowest BCUT2D eigenvalue weighted by molar-refractivity contribution is -0.119. The van der Waals surface area contributed by atoms with Crippen molar-refractivity contribution in [3.05, 3.63) is 35.4 Å². The summed E-state index contributed by atoms with van der Waals surface area (Å²) in [5.41, 5.74) is 2.04. The van der Waals surface area contributed by atoms with Gasteiger partial charge in [0.2, 0.25) is 0 Å². The number of allylic oxidation sites excluding steroid dienone is 1. The molecule has 2 heteroatoms. The second kappa shape index (κ2) is 6.46. The Labute approximate surface area is 127 Å².